The first kappa shape index (κ1) is 10.2. The summed E-state index contributed by atoms with van der Waals surface area (Å²) in [7, 11) is 2.41. The molecule has 1 heterocycles. The lowest BCUT2D eigenvalue weighted by molar-refractivity contribution is -0.0566. The zero-order chi connectivity index (χ0) is 10.1. The number of rotatable bonds is 2. The quantitative estimate of drug-likeness (QED) is 0.578. The van der Waals surface area contributed by atoms with Gasteiger partial charge in [0.05, 0.1) is 12.1 Å². The average Bonchev–Trinajstić information content (AvgIpc) is 2.09. The number of halogens is 1. The summed E-state index contributed by atoms with van der Waals surface area (Å²) in [6.07, 6.45) is 1.31. The molecule has 72 valence electrons. The Kier molecular flexibility index (Phi) is 2.72. The molecule has 0 spiro atoms. The lowest BCUT2D eigenvalue weighted by atomic mass is 10.4. The number of hydrogen-bond acceptors (Lipinski definition) is 3. The van der Waals surface area contributed by atoms with E-state index in [1.807, 2.05) is 0 Å². The first-order valence-electron chi connectivity index (χ1n) is 3.49. The van der Waals surface area contributed by atoms with E-state index < -0.39 is 10.4 Å². The summed E-state index contributed by atoms with van der Waals surface area (Å²) >= 11 is 5.61. The van der Waals surface area contributed by atoms with Crippen molar-refractivity contribution in [2.24, 2.45) is 0 Å². The fourth-order valence-electron chi connectivity index (χ4n) is 0.846. The topological polar surface area (TPSA) is 65.2 Å². The van der Waals surface area contributed by atoms with Crippen LogP contribution in [-0.4, -0.2) is 19.1 Å². The Morgan fingerprint density at radius 2 is 2.31 bits per heavy atom. The van der Waals surface area contributed by atoms with Crippen LogP contribution in [0, 0.1) is 5.21 Å². The molecule has 0 saturated carbocycles. The minimum Gasteiger partial charge on any atom is -0.593 e. The van der Waals surface area contributed by atoms with Crippen molar-refractivity contribution in [3.63, 3.8) is 0 Å². The second-order valence-electron chi connectivity index (χ2n) is 2.56. The first-order valence-corrected chi connectivity index (χ1v) is 3.87. The van der Waals surface area contributed by atoms with Gasteiger partial charge in [0.15, 0.2) is 0 Å². The molecule has 1 rings (SSSR count). The second-order valence-corrected chi connectivity index (χ2v) is 3.00. The van der Waals surface area contributed by atoms with E-state index in [1.165, 1.54) is 26.4 Å². The van der Waals surface area contributed by atoms with Crippen LogP contribution in [0.1, 0.15) is 0 Å². The lowest BCUT2D eigenvalue weighted by Gasteiger charge is -2.31. The summed E-state index contributed by atoms with van der Waals surface area (Å²) in [5, 5.41) is 11.8. The Bertz CT molecular complexity index is 361. The maximum absolute atomic E-state index is 11.5. The van der Waals surface area contributed by atoms with E-state index in [1.54, 1.807) is 0 Å². The first-order chi connectivity index (χ1) is 5.97. The molecule has 0 bridgehead atoms. The van der Waals surface area contributed by atoms with Gasteiger partial charge in [0.25, 0.3) is 0 Å². The molecule has 0 aromatic carbocycles. The van der Waals surface area contributed by atoms with Gasteiger partial charge in [0, 0.05) is 12.3 Å². The van der Waals surface area contributed by atoms with Gasteiger partial charge in [-0.1, -0.05) is 11.6 Å². The highest BCUT2D eigenvalue weighted by Gasteiger charge is 2.19. The molecule has 0 aliphatic carbocycles. The van der Waals surface area contributed by atoms with Crippen molar-refractivity contribution < 1.29 is 4.84 Å². The van der Waals surface area contributed by atoms with Crippen LogP contribution < -0.4 is 10.4 Å². The molecule has 6 heteroatoms. The minimum atomic E-state index is -1.21. The molecule has 1 atom stereocenters. The predicted molar refractivity (Wildman–Crippen MR) is 50.2 cm³/mol. The molecule has 1 aromatic heterocycles. The molecular weight excluding hydrogens is 196 g/mol. The molecule has 1 aromatic rings. The van der Waals surface area contributed by atoms with E-state index in [0.717, 1.165) is 0 Å². The maximum atomic E-state index is 11.5. The molecule has 5 nitrogen and oxygen atoms in total. The Morgan fingerprint density at radius 3 is 2.85 bits per heavy atom. The number of nitrogens with one attached hydrogen (secondary N) is 1. The standard InChI is InChI=1S/C7H9ClN2O3/c1-10(12,13-2)6-3-5(8)4-9-7(6)11/h3-4H,1-2H3,(H,9,11). The summed E-state index contributed by atoms with van der Waals surface area (Å²) in [5.74, 6) is 0. The normalized spacial score (nSPS) is 15.4. The number of H-pyrrole nitrogens is 1. The van der Waals surface area contributed by atoms with Gasteiger partial charge in [0.2, 0.25) is 5.69 Å². The highest BCUT2D eigenvalue weighted by Crippen LogP contribution is 2.17. The van der Waals surface area contributed by atoms with Gasteiger partial charge >= 0.3 is 5.56 Å². The van der Waals surface area contributed by atoms with Gasteiger partial charge in [-0.2, -0.15) is 4.81 Å². The van der Waals surface area contributed by atoms with Gasteiger partial charge in [-0.05, 0) is 0 Å². The summed E-state index contributed by atoms with van der Waals surface area (Å²) in [5.41, 5.74) is -0.598. The Balaban J connectivity index is 3.29. The van der Waals surface area contributed by atoms with E-state index in [4.69, 9.17) is 11.6 Å². The zero-order valence-corrected chi connectivity index (χ0v) is 7.96. The van der Waals surface area contributed by atoms with E-state index >= 15 is 0 Å². The molecule has 0 saturated heterocycles. The van der Waals surface area contributed by atoms with E-state index in [9.17, 15) is 10.0 Å². The summed E-state index contributed by atoms with van der Waals surface area (Å²) < 4.78 is 0. The Hall–Kier alpha value is -0.880. The van der Waals surface area contributed by atoms with E-state index in [0.29, 0.717) is 0 Å². The third kappa shape index (κ3) is 2.07. The Morgan fingerprint density at radius 1 is 1.69 bits per heavy atom. The van der Waals surface area contributed by atoms with Gasteiger partial charge in [-0.15, -0.1) is 0 Å². The molecule has 0 aliphatic rings. The number of nitrogens with zero attached hydrogens (tertiary/aromatic N) is 1. The zero-order valence-electron chi connectivity index (χ0n) is 7.20. The van der Waals surface area contributed by atoms with Crippen molar-refractivity contribution in [1.29, 1.82) is 0 Å². The molecule has 0 radical (unpaired) electrons. The van der Waals surface area contributed by atoms with Crippen LogP contribution in [0.3, 0.4) is 0 Å². The second kappa shape index (κ2) is 3.47. The largest absolute Gasteiger partial charge is 0.593 e. The number of pyridine rings is 1. The summed E-state index contributed by atoms with van der Waals surface area (Å²) in [4.78, 5) is 16.8. The van der Waals surface area contributed by atoms with Crippen LogP contribution in [0.15, 0.2) is 17.1 Å². The van der Waals surface area contributed by atoms with Crippen LogP contribution >= 0.6 is 11.6 Å². The lowest BCUT2D eigenvalue weighted by Crippen LogP contribution is -2.40. The van der Waals surface area contributed by atoms with E-state index in [-0.39, 0.29) is 10.7 Å². The van der Waals surface area contributed by atoms with Crippen LogP contribution in [0.5, 0.6) is 0 Å². The Labute approximate surface area is 79.6 Å². The average molecular weight is 205 g/mol. The highest BCUT2D eigenvalue weighted by molar-refractivity contribution is 6.30. The number of aromatic amines is 1. The number of aromatic nitrogens is 1. The third-order valence-corrected chi connectivity index (χ3v) is 1.85. The van der Waals surface area contributed by atoms with Crippen LogP contribution in [0.2, 0.25) is 5.02 Å². The van der Waals surface area contributed by atoms with Crippen molar-refractivity contribution in [3.05, 3.63) is 32.8 Å². The SMILES string of the molecule is CO[N+](C)([O-])c1cc(Cl)c[nH]c1=O. The molecule has 1 unspecified atom stereocenters. The number of hydrogen-bond donors (Lipinski definition) is 1. The number of hydroxylamine groups is 2. The minimum absolute atomic E-state index is 0.0880. The molecule has 0 amide bonds. The predicted octanol–water partition coefficient (Wildman–Crippen LogP) is 1.02. The van der Waals surface area contributed by atoms with E-state index in [2.05, 4.69) is 9.82 Å². The molecular formula is C7H9ClN2O3. The fourth-order valence-corrected chi connectivity index (χ4v) is 1.00. The van der Waals surface area contributed by atoms with Gasteiger partial charge in [-0.3, -0.25) is 4.79 Å². The van der Waals surface area contributed by atoms with Crippen molar-refractivity contribution in [2.75, 3.05) is 14.2 Å². The molecule has 0 aliphatic heterocycles. The highest BCUT2D eigenvalue weighted by atomic mass is 35.5. The van der Waals surface area contributed by atoms with Crippen LogP contribution in [0.4, 0.5) is 5.69 Å². The van der Waals surface area contributed by atoms with Crippen molar-refractivity contribution in [2.45, 2.75) is 0 Å². The summed E-state index contributed by atoms with van der Waals surface area (Å²) in [6.45, 7) is 0. The monoisotopic (exact) mass is 204 g/mol. The van der Waals surface area contributed by atoms with Gasteiger partial charge < -0.3 is 10.2 Å². The van der Waals surface area contributed by atoms with Crippen molar-refractivity contribution in [1.82, 2.24) is 9.79 Å². The molecule has 0 fully saturated rings. The van der Waals surface area contributed by atoms with Gasteiger partial charge in [-0.25, -0.2) is 4.84 Å². The fraction of sp³-hybridized carbons (Fsp3) is 0.286. The molecule has 13 heavy (non-hydrogen) atoms. The van der Waals surface area contributed by atoms with Gasteiger partial charge in [0.1, 0.15) is 7.05 Å². The van der Waals surface area contributed by atoms with Crippen LogP contribution in [0.25, 0.3) is 0 Å². The van der Waals surface area contributed by atoms with Crippen molar-refractivity contribution in [3.8, 4) is 0 Å². The maximum Gasteiger partial charge on any atom is 0.312 e. The third-order valence-electron chi connectivity index (χ3n) is 1.63. The van der Waals surface area contributed by atoms with Crippen molar-refractivity contribution >= 4 is 17.3 Å². The number of quaternary nitrogens is 1. The summed E-state index contributed by atoms with van der Waals surface area (Å²) in [6, 6.07) is 1.27. The molecule has 1 N–H and O–H groups in total. The smallest absolute Gasteiger partial charge is 0.312 e. The van der Waals surface area contributed by atoms with Crippen LogP contribution in [-0.2, 0) is 4.84 Å².